The van der Waals surface area contributed by atoms with Crippen LogP contribution in [0.25, 0.3) is 0 Å². The number of hydrogen-bond donors (Lipinski definition) is 3. The number of aliphatic hydroxyl groups is 1. The van der Waals surface area contributed by atoms with Gasteiger partial charge in [-0.3, -0.25) is 14.9 Å². The van der Waals surface area contributed by atoms with Gasteiger partial charge in [0.25, 0.3) is 0 Å². The van der Waals surface area contributed by atoms with Crippen LogP contribution in [0.5, 0.6) is 0 Å². The van der Waals surface area contributed by atoms with E-state index in [2.05, 4.69) is 24.5 Å². The van der Waals surface area contributed by atoms with E-state index in [-0.39, 0.29) is 29.4 Å². The topological polar surface area (TPSA) is 81.4 Å². The first-order chi connectivity index (χ1) is 10.0. The molecule has 3 N–H and O–H groups in total. The van der Waals surface area contributed by atoms with Crippen molar-refractivity contribution in [1.82, 2.24) is 15.5 Å². The van der Waals surface area contributed by atoms with Crippen molar-refractivity contribution >= 4 is 11.8 Å². The number of carbonyl (C=O) groups is 2. The normalized spacial score (nSPS) is 32.7. The van der Waals surface area contributed by atoms with Crippen LogP contribution in [0.3, 0.4) is 0 Å². The maximum atomic E-state index is 12.6. The lowest BCUT2D eigenvalue weighted by Crippen LogP contribution is -2.63. The zero-order valence-corrected chi connectivity index (χ0v) is 14.4. The smallest absolute Gasteiger partial charge is 0.243 e. The summed E-state index contributed by atoms with van der Waals surface area (Å²) in [7, 11) is 0. The Bertz CT molecular complexity index is 456. The van der Waals surface area contributed by atoms with Crippen molar-refractivity contribution in [2.45, 2.75) is 83.8 Å². The molecule has 0 unspecified atom stereocenters. The molecule has 0 aromatic carbocycles. The highest BCUT2D eigenvalue weighted by atomic mass is 16.3. The number of amides is 2. The van der Waals surface area contributed by atoms with Crippen LogP contribution in [-0.2, 0) is 9.59 Å². The van der Waals surface area contributed by atoms with Gasteiger partial charge in [-0.1, -0.05) is 13.8 Å². The van der Waals surface area contributed by atoms with Crippen LogP contribution in [0.1, 0.15) is 48.0 Å². The standard InChI is InChI=1S/C16H29N3O3/c1-8(2)7-10-13-12(14(21)18-16(4,5)6)17-11(9(3)20)15(22)19(10)13/h8-13,17,20H,7H2,1-6H3,(H,18,21)/t9-,10+,11-,12+,13-,19?/m0/s1. The van der Waals surface area contributed by atoms with Crippen LogP contribution in [0.4, 0.5) is 0 Å². The number of nitrogens with zero attached hydrogens (tertiary/aromatic N) is 1. The maximum absolute atomic E-state index is 12.6. The minimum atomic E-state index is -0.821. The molecule has 0 bridgehead atoms. The van der Waals surface area contributed by atoms with Crippen LogP contribution in [0.15, 0.2) is 0 Å². The van der Waals surface area contributed by atoms with Crippen LogP contribution in [-0.4, -0.2) is 57.6 Å². The van der Waals surface area contributed by atoms with Gasteiger partial charge in [-0.2, -0.15) is 0 Å². The third kappa shape index (κ3) is 3.43. The molecule has 2 aliphatic heterocycles. The van der Waals surface area contributed by atoms with Gasteiger partial charge in [0.1, 0.15) is 12.1 Å². The molecular weight excluding hydrogens is 282 g/mol. The molecule has 22 heavy (non-hydrogen) atoms. The van der Waals surface area contributed by atoms with Crippen molar-refractivity contribution in [2.24, 2.45) is 5.92 Å². The van der Waals surface area contributed by atoms with Crippen LogP contribution in [0.2, 0.25) is 0 Å². The largest absolute Gasteiger partial charge is 0.391 e. The average Bonchev–Trinajstić information content (AvgIpc) is 3.00. The molecule has 2 fully saturated rings. The number of rotatable bonds is 4. The fraction of sp³-hybridized carbons (Fsp3) is 0.875. The molecule has 2 amide bonds. The molecule has 0 spiro atoms. The van der Waals surface area contributed by atoms with Gasteiger partial charge in [0, 0.05) is 5.54 Å². The molecular formula is C16H29N3O3. The lowest BCUT2D eigenvalue weighted by Gasteiger charge is -2.32. The van der Waals surface area contributed by atoms with E-state index in [1.807, 2.05) is 20.8 Å². The Balaban J connectivity index is 2.18. The third-order valence-corrected chi connectivity index (χ3v) is 4.18. The zero-order chi connectivity index (χ0) is 16.8. The number of hydrogen-bond acceptors (Lipinski definition) is 4. The summed E-state index contributed by atoms with van der Waals surface area (Å²) in [6.45, 7) is 11.6. The van der Waals surface area contributed by atoms with Crippen molar-refractivity contribution < 1.29 is 14.7 Å². The average molecular weight is 311 g/mol. The lowest BCUT2D eigenvalue weighted by atomic mass is 9.99. The highest BCUT2D eigenvalue weighted by molar-refractivity contribution is 5.93. The Hall–Kier alpha value is -1.14. The van der Waals surface area contributed by atoms with E-state index in [9.17, 15) is 14.7 Å². The van der Waals surface area contributed by atoms with E-state index in [1.54, 1.807) is 11.8 Å². The Labute approximate surface area is 132 Å². The van der Waals surface area contributed by atoms with Gasteiger partial charge in [0.15, 0.2) is 0 Å². The fourth-order valence-corrected chi connectivity index (χ4v) is 3.28. The van der Waals surface area contributed by atoms with Crippen molar-refractivity contribution in [3.05, 3.63) is 0 Å². The molecule has 126 valence electrons. The zero-order valence-electron chi connectivity index (χ0n) is 14.4. The second kappa shape index (κ2) is 5.81. The fourth-order valence-electron chi connectivity index (χ4n) is 3.28. The Kier molecular flexibility index (Phi) is 4.55. The van der Waals surface area contributed by atoms with Gasteiger partial charge < -0.3 is 15.3 Å². The van der Waals surface area contributed by atoms with E-state index in [1.165, 1.54) is 0 Å². The molecule has 0 aromatic heterocycles. The van der Waals surface area contributed by atoms with Gasteiger partial charge in [-0.05, 0) is 40.0 Å². The molecule has 2 saturated heterocycles. The predicted molar refractivity (Wildman–Crippen MR) is 84.2 cm³/mol. The molecule has 2 aliphatic rings. The van der Waals surface area contributed by atoms with E-state index in [0.717, 1.165) is 6.42 Å². The molecule has 0 aliphatic carbocycles. The van der Waals surface area contributed by atoms with Crippen molar-refractivity contribution in [1.29, 1.82) is 0 Å². The summed E-state index contributed by atoms with van der Waals surface area (Å²) in [5.41, 5.74) is -0.326. The van der Waals surface area contributed by atoms with E-state index in [4.69, 9.17) is 0 Å². The van der Waals surface area contributed by atoms with E-state index < -0.39 is 18.2 Å². The molecule has 6 nitrogen and oxygen atoms in total. The first-order valence-electron chi connectivity index (χ1n) is 8.11. The second-order valence-corrected chi connectivity index (χ2v) is 8.03. The molecule has 0 aromatic rings. The maximum Gasteiger partial charge on any atom is 0.243 e. The number of fused-ring (bicyclic) bond motifs is 1. The first kappa shape index (κ1) is 17.2. The first-order valence-corrected chi connectivity index (χ1v) is 8.11. The summed E-state index contributed by atoms with van der Waals surface area (Å²) < 4.78 is 0. The highest BCUT2D eigenvalue weighted by Crippen LogP contribution is 2.40. The summed E-state index contributed by atoms with van der Waals surface area (Å²) in [5.74, 6) is 0.261. The van der Waals surface area contributed by atoms with Gasteiger partial charge in [0.2, 0.25) is 11.8 Å². The van der Waals surface area contributed by atoms with Crippen LogP contribution in [0, 0.1) is 5.92 Å². The molecule has 2 heterocycles. The summed E-state index contributed by atoms with van der Waals surface area (Å²) in [6, 6.07) is -1.16. The van der Waals surface area contributed by atoms with Crippen molar-refractivity contribution in [2.75, 3.05) is 0 Å². The molecule has 0 saturated carbocycles. The number of piperazine rings is 1. The minimum Gasteiger partial charge on any atom is -0.391 e. The van der Waals surface area contributed by atoms with E-state index >= 15 is 0 Å². The number of aliphatic hydroxyl groups excluding tert-OH is 1. The molecule has 6 heteroatoms. The van der Waals surface area contributed by atoms with Gasteiger partial charge in [-0.15, -0.1) is 0 Å². The van der Waals surface area contributed by atoms with Crippen LogP contribution >= 0.6 is 0 Å². The van der Waals surface area contributed by atoms with Gasteiger partial charge in [-0.25, -0.2) is 0 Å². The summed E-state index contributed by atoms with van der Waals surface area (Å²) in [6.07, 6.45) is 0.0582. The number of nitrogens with one attached hydrogen (secondary N) is 2. The summed E-state index contributed by atoms with van der Waals surface area (Å²) in [5, 5.41) is 15.9. The highest BCUT2D eigenvalue weighted by Gasteiger charge is 2.62. The quantitative estimate of drug-likeness (QED) is 0.650. The summed E-state index contributed by atoms with van der Waals surface area (Å²) >= 11 is 0. The predicted octanol–water partition coefficient (Wildman–Crippen LogP) is 0.248. The lowest BCUT2D eigenvalue weighted by molar-refractivity contribution is -0.136. The third-order valence-electron chi connectivity index (χ3n) is 4.18. The van der Waals surface area contributed by atoms with Gasteiger partial charge >= 0.3 is 0 Å². The van der Waals surface area contributed by atoms with Crippen molar-refractivity contribution in [3.63, 3.8) is 0 Å². The van der Waals surface area contributed by atoms with E-state index in [0.29, 0.717) is 5.92 Å². The minimum absolute atomic E-state index is 0.0905. The second-order valence-electron chi connectivity index (χ2n) is 8.03. The Morgan fingerprint density at radius 2 is 1.95 bits per heavy atom. The van der Waals surface area contributed by atoms with Gasteiger partial charge in [0.05, 0.1) is 18.2 Å². The number of carbonyl (C=O) groups excluding carboxylic acids is 2. The Morgan fingerprint density at radius 3 is 2.41 bits per heavy atom. The molecule has 5 atom stereocenters. The molecule has 0 radical (unpaired) electrons. The van der Waals surface area contributed by atoms with Crippen molar-refractivity contribution in [3.8, 4) is 0 Å². The SMILES string of the molecule is CC(C)C[C@@H]1[C@H]2[C@H](C(=O)NC(C)(C)C)N[C@@H]([C@H](C)O)C(=O)N21. The monoisotopic (exact) mass is 311 g/mol. The Morgan fingerprint density at radius 1 is 1.36 bits per heavy atom. The summed E-state index contributed by atoms with van der Waals surface area (Å²) in [4.78, 5) is 26.8. The molecule has 2 rings (SSSR count). The van der Waals surface area contributed by atoms with Crippen LogP contribution < -0.4 is 10.6 Å².